The van der Waals surface area contributed by atoms with E-state index in [-0.39, 0.29) is 36.8 Å². The molecule has 6 N–H and O–H groups in total. The molecule has 0 radical (unpaired) electrons. The minimum atomic E-state index is -1.24. The molecule has 0 aliphatic heterocycles. The van der Waals surface area contributed by atoms with Crippen molar-refractivity contribution in [2.45, 2.75) is 76.3 Å². The lowest BCUT2D eigenvalue weighted by Gasteiger charge is -2.25. The maximum absolute atomic E-state index is 11.2. The van der Waals surface area contributed by atoms with Crippen molar-refractivity contribution in [3.8, 4) is 0 Å². The van der Waals surface area contributed by atoms with E-state index in [1.54, 1.807) is 0 Å². The van der Waals surface area contributed by atoms with Crippen molar-refractivity contribution < 1.29 is 55.3 Å². The Bertz CT molecular complexity index is 395. The summed E-state index contributed by atoms with van der Waals surface area (Å²) in [7, 11) is 0.355. The SMILES string of the molecule is COC(=O)[C@@](C)([NH3+])C[Si](C)(C)C.COC(=O)[C@@](C)([NH3+])C[Si](C)(C)C.[Cl-].[Cl-]. The van der Waals surface area contributed by atoms with Gasteiger partial charge in [-0.3, -0.25) is 0 Å². The molecule has 0 fully saturated rings. The molecule has 6 nitrogen and oxygen atoms in total. The summed E-state index contributed by atoms with van der Waals surface area (Å²) in [5, 5.41) is 0. The molecule has 0 aliphatic carbocycles. The highest BCUT2D eigenvalue weighted by atomic mass is 35.5. The Balaban J connectivity index is -0.000000173. The Morgan fingerprint density at radius 3 is 1.04 bits per heavy atom. The van der Waals surface area contributed by atoms with Crippen molar-refractivity contribution in [1.82, 2.24) is 0 Å². The first kappa shape index (κ1) is 33.5. The number of ether oxygens (including phenoxy) is 2. The largest absolute Gasteiger partial charge is 1.00 e. The first-order valence-corrected chi connectivity index (χ1v) is 15.7. The molecule has 0 aromatic heterocycles. The summed E-state index contributed by atoms with van der Waals surface area (Å²) in [5.41, 5.74) is 6.66. The highest BCUT2D eigenvalue weighted by molar-refractivity contribution is 6.76. The van der Waals surface area contributed by atoms with Crippen molar-refractivity contribution in [2.24, 2.45) is 0 Å². The number of esters is 2. The molecule has 0 amide bonds. The third-order valence-corrected chi connectivity index (χ3v) is 6.88. The van der Waals surface area contributed by atoms with Crippen LogP contribution in [-0.2, 0) is 19.1 Å². The maximum atomic E-state index is 11.2. The second-order valence-corrected chi connectivity index (χ2v) is 20.5. The quantitative estimate of drug-likeness (QED) is 0.311. The van der Waals surface area contributed by atoms with Gasteiger partial charge in [0.15, 0.2) is 11.1 Å². The lowest BCUT2D eigenvalue weighted by Crippen LogP contribution is -3.00. The molecule has 0 spiro atoms. The predicted molar refractivity (Wildman–Crippen MR) is 103 cm³/mol. The molecule has 10 heteroatoms. The van der Waals surface area contributed by atoms with Gasteiger partial charge in [-0.1, -0.05) is 39.3 Å². The average Bonchev–Trinajstić information content (AvgIpc) is 2.31. The molecular formula is C16H40Cl2N2O4Si2. The summed E-state index contributed by atoms with van der Waals surface area (Å²) in [6.45, 7) is 17.0. The summed E-state index contributed by atoms with van der Waals surface area (Å²) in [5.74, 6) is -0.408. The summed E-state index contributed by atoms with van der Waals surface area (Å²) in [6.07, 6.45) is 0. The van der Waals surface area contributed by atoms with Crippen LogP contribution in [0, 0.1) is 0 Å². The van der Waals surface area contributed by atoms with E-state index in [1.165, 1.54) is 14.2 Å². The molecular weight excluding hydrogens is 411 g/mol. The standard InChI is InChI=1S/2C8H19NO2Si.2ClH/c2*1-8(9,7(10)11-2)6-12(3,4)5;;/h2*6,9H2,1-5H3;2*1H/t2*8-;;/m00../s1. The third kappa shape index (κ3) is 16.1. The minimum Gasteiger partial charge on any atom is -1.00 e. The van der Waals surface area contributed by atoms with E-state index >= 15 is 0 Å². The van der Waals surface area contributed by atoms with Crippen LogP contribution in [0.25, 0.3) is 0 Å². The van der Waals surface area contributed by atoms with Crippen LogP contribution < -0.4 is 36.3 Å². The van der Waals surface area contributed by atoms with Gasteiger partial charge in [0.2, 0.25) is 0 Å². The summed E-state index contributed by atoms with van der Waals surface area (Å²) < 4.78 is 9.36. The number of hydrogen-bond donors (Lipinski definition) is 2. The van der Waals surface area contributed by atoms with E-state index < -0.39 is 27.2 Å². The predicted octanol–water partition coefficient (Wildman–Crippen LogP) is -5.00. The molecule has 0 heterocycles. The van der Waals surface area contributed by atoms with Crippen LogP contribution in [0.4, 0.5) is 0 Å². The zero-order valence-electron chi connectivity index (χ0n) is 18.2. The van der Waals surface area contributed by atoms with Crippen LogP contribution in [-0.4, -0.2) is 53.4 Å². The fourth-order valence-corrected chi connectivity index (χ4v) is 7.95. The van der Waals surface area contributed by atoms with Crippen LogP contribution in [0.15, 0.2) is 0 Å². The van der Waals surface area contributed by atoms with Crippen LogP contribution in [0.5, 0.6) is 0 Å². The molecule has 0 aliphatic rings. The Hall–Kier alpha value is -0.126. The van der Waals surface area contributed by atoms with Gasteiger partial charge in [-0.05, 0) is 0 Å². The molecule has 160 valence electrons. The molecule has 0 aromatic rings. The van der Waals surface area contributed by atoms with Gasteiger partial charge in [0.25, 0.3) is 0 Å². The van der Waals surface area contributed by atoms with E-state index in [4.69, 9.17) is 0 Å². The monoisotopic (exact) mass is 450 g/mol. The number of halogens is 2. The number of hydrogen-bond acceptors (Lipinski definition) is 4. The fraction of sp³-hybridized carbons (Fsp3) is 0.875. The lowest BCUT2D eigenvalue weighted by molar-refractivity contribution is -0.450. The smallest absolute Gasteiger partial charge is 0.367 e. The normalized spacial score (nSPS) is 15.5. The van der Waals surface area contributed by atoms with Gasteiger partial charge < -0.3 is 45.8 Å². The van der Waals surface area contributed by atoms with Gasteiger partial charge in [-0.15, -0.1) is 0 Å². The maximum Gasteiger partial charge on any atom is 0.367 e. The second-order valence-electron chi connectivity index (χ2n) is 9.58. The van der Waals surface area contributed by atoms with Gasteiger partial charge in [-0.25, -0.2) is 9.59 Å². The number of carbonyl (C=O) groups is 2. The molecule has 0 saturated heterocycles. The van der Waals surface area contributed by atoms with Crippen LogP contribution in [0.3, 0.4) is 0 Å². The van der Waals surface area contributed by atoms with Crippen molar-refractivity contribution in [2.75, 3.05) is 14.2 Å². The van der Waals surface area contributed by atoms with E-state index in [0.29, 0.717) is 0 Å². The summed E-state index contributed by atoms with van der Waals surface area (Å²) in [4.78, 5) is 22.5. The van der Waals surface area contributed by atoms with Crippen molar-refractivity contribution in [3.05, 3.63) is 0 Å². The highest BCUT2D eigenvalue weighted by Gasteiger charge is 2.39. The van der Waals surface area contributed by atoms with E-state index in [9.17, 15) is 9.59 Å². The first-order chi connectivity index (χ1) is 10.4. The number of rotatable bonds is 6. The Labute approximate surface area is 174 Å². The molecule has 0 bridgehead atoms. The fourth-order valence-electron chi connectivity index (χ4n) is 2.98. The molecule has 26 heavy (non-hydrogen) atoms. The Morgan fingerprint density at radius 2 is 0.923 bits per heavy atom. The molecule has 2 atom stereocenters. The third-order valence-electron chi connectivity index (χ3n) is 3.20. The lowest BCUT2D eigenvalue weighted by atomic mass is 10.1. The van der Waals surface area contributed by atoms with Crippen molar-refractivity contribution in [3.63, 3.8) is 0 Å². The van der Waals surface area contributed by atoms with Gasteiger partial charge >= 0.3 is 11.9 Å². The first-order valence-electron chi connectivity index (χ1n) is 8.25. The van der Waals surface area contributed by atoms with E-state index in [0.717, 1.165) is 12.1 Å². The van der Waals surface area contributed by atoms with Gasteiger partial charge in [0, 0.05) is 25.9 Å². The van der Waals surface area contributed by atoms with Crippen LogP contribution >= 0.6 is 0 Å². The number of methoxy groups -OCH3 is 2. The molecule has 0 aromatic carbocycles. The summed E-state index contributed by atoms with van der Waals surface area (Å²) >= 11 is 0. The number of carbonyl (C=O) groups excluding carboxylic acids is 2. The molecule has 0 rings (SSSR count). The zero-order valence-corrected chi connectivity index (χ0v) is 21.7. The molecule has 0 unspecified atom stereocenters. The van der Waals surface area contributed by atoms with E-state index in [2.05, 4.69) is 60.2 Å². The minimum absolute atomic E-state index is 0. The Morgan fingerprint density at radius 1 is 0.731 bits per heavy atom. The highest BCUT2D eigenvalue weighted by Crippen LogP contribution is 2.18. The average molecular weight is 452 g/mol. The topological polar surface area (TPSA) is 108 Å². The molecule has 0 saturated carbocycles. The number of quaternary nitrogens is 2. The second kappa shape index (κ2) is 12.4. The van der Waals surface area contributed by atoms with Gasteiger partial charge in [-0.2, -0.15) is 0 Å². The van der Waals surface area contributed by atoms with E-state index in [1.807, 2.05) is 13.8 Å². The Kier molecular flexibility index (Phi) is 15.9. The van der Waals surface area contributed by atoms with Crippen LogP contribution in [0.1, 0.15) is 13.8 Å². The van der Waals surface area contributed by atoms with Crippen molar-refractivity contribution in [1.29, 1.82) is 0 Å². The van der Waals surface area contributed by atoms with Crippen LogP contribution in [0.2, 0.25) is 51.4 Å². The van der Waals surface area contributed by atoms with Crippen molar-refractivity contribution >= 4 is 28.1 Å². The summed E-state index contributed by atoms with van der Waals surface area (Å²) in [6, 6.07) is 1.74. The zero-order chi connectivity index (χ0) is 20.0. The van der Waals surface area contributed by atoms with Gasteiger partial charge in [0.1, 0.15) is 0 Å². The van der Waals surface area contributed by atoms with Gasteiger partial charge in [0.05, 0.1) is 30.4 Å².